The summed E-state index contributed by atoms with van der Waals surface area (Å²) >= 11 is 0. The third kappa shape index (κ3) is 10.0. The zero-order chi connectivity index (χ0) is 34.8. The number of piperidine rings is 1. The Hall–Kier alpha value is -3.44. The molecule has 0 saturated carbocycles. The number of hydrogen-bond acceptors (Lipinski definition) is 7. The van der Waals surface area contributed by atoms with Gasteiger partial charge in [0.25, 0.3) is 0 Å². The van der Waals surface area contributed by atoms with Gasteiger partial charge >= 0.3 is 0 Å². The maximum absolute atomic E-state index is 14.1. The lowest BCUT2D eigenvalue weighted by Crippen LogP contribution is -2.60. The number of likely N-dealkylation sites (tertiary alicyclic amines) is 2. The minimum absolute atomic E-state index is 0.0359. The van der Waals surface area contributed by atoms with Gasteiger partial charge < -0.3 is 20.0 Å². The molecule has 0 aromatic heterocycles. The Labute approximate surface area is 276 Å². The van der Waals surface area contributed by atoms with Crippen LogP contribution in [0.15, 0.2) is 11.6 Å². The number of hydrogen-bond donors (Lipinski definition) is 1. The Balaban J connectivity index is 2.29. The van der Waals surface area contributed by atoms with Gasteiger partial charge in [-0.25, -0.2) is 0 Å². The van der Waals surface area contributed by atoms with Crippen LogP contribution in [0.4, 0.5) is 0 Å². The minimum Gasteiger partial charge on any atom is -0.342 e. The molecule has 46 heavy (non-hydrogen) atoms. The molecule has 0 aliphatic carbocycles. The number of nitriles is 2. The lowest BCUT2D eigenvalue weighted by Gasteiger charge is -2.41. The van der Waals surface area contributed by atoms with E-state index in [1.54, 1.807) is 29.8 Å². The normalized spacial score (nSPS) is 20.5. The Morgan fingerprint density at radius 1 is 0.935 bits per heavy atom. The van der Waals surface area contributed by atoms with Crippen LogP contribution in [0, 0.1) is 34.0 Å². The molecule has 0 unspecified atom stereocenters. The minimum atomic E-state index is -0.764. The molecule has 256 valence electrons. The van der Waals surface area contributed by atoms with Gasteiger partial charge in [0.1, 0.15) is 12.1 Å². The molecule has 2 saturated heterocycles. The van der Waals surface area contributed by atoms with Crippen molar-refractivity contribution in [3.63, 3.8) is 0 Å². The van der Waals surface area contributed by atoms with E-state index in [9.17, 15) is 19.2 Å². The lowest BCUT2D eigenvalue weighted by atomic mass is 9.84. The van der Waals surface area contributed by atoms with Crippen molar-refractivity contribution in [1.29, 1.82) is 10.5 Å². The highest BCUT2D eigenvalue weighted by molar-refractivity contribution is 5.97. The second kappa shape index (κ2) is 17.5. The molecule has 4 atom stereocenters. The summed E-state index contributed by atoms with van der Waals surface area (Å²) in [6.45, 7) is 17.4. The van der Waals surface area contributed by atoms with E-state index in [0.717, 1.165) is 25.8 Å². The Morgan fingerprint density at radius 3 is 2.04 bits per heavy atom. The fourth-order valence-electron chi connectivity index (χ4n) is 6.58. The first kappa shape index (κ1) is 38.7. The Bertz CT molecular complexity index is 1170. The third-order valence-corrected chi connectivity index (χ3v) is 9.24. The summed E-state index contributed by atoms with van der Waals surface area (Å²) in [5.74, 6) is -0.889. The fraction of sp³-hybridized carbons (Fsp3) is 0.771. The molecule has 2 heterocycles. The number of likely N-dealkylation sites (N-methyl/N-ethyl adjacent to an activating group) is 1. The highest BCUT2D eigenvalue weighted by atomic mass is 16.2. The van der Waals surface area contributed by atoms with Crippen molar-refractivity contribution in [2.75, 3.05) is 33.2 Å². The second-order valence-electron chi connectivity index (χ2n) is 14.5. The van der Waals surface area contributed by atoms with Gasteiger partial charge in [-0.1, -0.05) is 47.1 Å². The summed E-state index contributed by atoms with van der Waals surface area (Å²) in [5.41, 5.74) is -0.120. The lowest BCUT2D eigenvalue weighted by molar-refractivity contribution is -0.142. The van der Waals surface area contributed by atoms with Crippen LogP contribution in [0.2, 0.25) is 0 Å². The number of nitrogens with one attached hydrogen (secondary N) is 1. The van der Waals surface area contributed by atoms with Crippen molar-refractivity contribution in [1.82, 2.24) is 24.9 Å². The quantitative estimate of drug-likeness (QED) is 0.302. The molecule has 1 N–H and O–H groups in total. The number of carbonyl (C=O) groups is 4. The standard InChI is InChI=1S/C35H57N7O4/c1-24(2)29(23-26(5)32(44)42-22-12-16-28(42)33(45)40(19-13-17-36)20-14-18-37)39(9)34(46)30(35(6,7)8)38-31(43)27-15-10-11-21-41(27)25(3)4/h23-25,27-30H,10-16,19-22H2,1-9H3,(H,38,43)/t27-,28+,29-,30-/m1/s1. The molecule has 4 amide bonds. The predicted octanol–water partition coefficient (Wildman–Crippen LogP) is 3.86. The SMILES string of the molecule is CC(=C[C@H](C(C)C)N(C)C(=O)[C@@H](NC(=O)[C@H]1CCCCN1C(C)C)C(C)(C)C)C(=O)N1CCC[C@H]1C(=O)N(CCC#N)CCC#N. The average Bonchev–Trinajstić information content (AvgIpc) is 3.50. The van der Waals surface area contributed by atoms with Crippen molar-refractivity contribution in [3.05, 3.63) is 11.6 Å². The van der Waals surface area contributed by atoms with E-state index in [-0.39, 0.29) is 67.6 Å². The van der Waals surface area contributed by atoms with E-state index in [1.165, 1.54) is 4.90 Å². The summed E-state index contributed by atoms with van der Waals surface area (Å²) in [6, 6.07) is 2.20. The highest BCUT2D eigenvalue weighted by Crippen LogP contribution is 2.27. The summed E-state index contributed by atoms with van der Waals surface area (Å²) < 4.78 is 0. The molecule has 2 fully saturated rings. The molecule has 11 heteroatoms. The first-order chi connectivity index (χ1) is 21.6. The van der Waals surface area contributed by atoms with Gasteiger partial charge in [0, 0.05) is 38.3 Å². The topological polar surface area (TPSA) is 141 Å². The van der Waals surface area contributed by atoms with Crippen molar-refractivity contribution in [2.24, 2.45) is 11.3 Å². The smallest absolute Gasteiger partial charge is 0.249 e. The Morgan fingerprint density at radius 2 is 1.52 bits per heavy atom. The summed E-state index contributed by atoms with van der Waals surface area (Å²) in [7, 11) is 1.72. The molecule has 0 radical (unpaired) electrons. The molecule has 0 aromatic rings. The van der Waals surface area contributed by atoms with Gasteiger partial charge in [0.05, 0.1) is 37.1 Å². The van der Waals surface area contributed by atoms with Gasteiger partial charge in [-0.3, -0.25) is 24.1 Å². The Kier molecular flexibility index (Phi) is 14.7. The number of amides is 4. The summed E-state index contributed by atoms with van der Waals surface area (Å²) in [6.07, 6.45) is 6.09. The van der Waals surface area contributed by atoms with Crippen LogP contribution in [-0.4, -0.2) is 107 Å². The molecule has 2 aliphatic rings. The van der Waals surface area contributed by atoms with Crippen LogP contribution in [0.5, 0.6) is 0 Å². The van der Waals surface area contributed by atoms with Crippen LogP contribution in [0.3, 0.4) is 0 Å². The van der Waals surface area contributed by atoms with E-state index in [0.29, 0.717) is 25.0 Å². The fourth-order valence-corrected chi connectivity index (χ4v) is 6.58. The number of carbonyl (C=O) groups excluding carboxylic acids is 4. The molecule has 2 aliphatic heterocycles. The molecular formula is C35H57N7O4. The van der Waals surface area contributed by atoms with E-state index < -0.39 is 23.5 Å². The van der Waals surface area contributed by atoms with Crippen molar-refractivity contribution >= 4 is 23.6 Å². The maximum atomic E-state index is 14.1. The van der Waals surface area contributed by atoms with Crippen molar-refractivity contribution < 1.29 is 19.2 Å². The van der Waals surface area contributed by atoms with E-state index >= 15 is 0 Å². The van der Waals surface area contributed by atoms with Crippen LogP contribution in [0.25, 0.3) is 0 Å². The average molecular weight is 640 g/mol. The third-order valence-electron chi connectivity index (χ3n) is 9.24. The van der Waals surface area contributed by atoms with E-state index in [2.05, 4.69) is 36.2 Å². The molecule has 0 aromatic carbocycles. The summed E-state index contributed by atoms with van der Waals surface area (Å²) in [5, 5.41) is 21.2. The van der Waals surface area contributed by atoms with E-state index in [4.69, 9.17) is 10.5 Å². The van der Waals surface area contributed by atoms with Crippen LogP contribution >= 0.6 is 0 Å². The summed E-state index contributed by atoms with van der Waals surface area (Å²) in [4.78, 5) is 61.9. The molecule has 2 rings (SSSR count). The molecular weight excluding hydrogens is 582 g/mol. The van der Waals surface area contributed by atoms with Crippen LogP contribution in [-0.2, 0) is 19.2 Å². The van der Waals surface area contributed by atoms with Gasteiger partial charge in [-0.15, -0.1) is 0 Å². The van der Waals surface area contributed by atoms with Crippen LogP contribution < -0.4 is 5.32 Å². The maximum Gasteiger partial charge on any atom is 0.249 e. The van der Waals surface area contributed by atoms with Gasteiger partial charge in [0.2, 0.25) is 23.6 Å². The second-order valence-corrected chi connectivity index (χ2v) is 14.5. The first-order valence-corrected chi connectivity index (χ1v) is 16.9. The van der Waals surface area contributed by atoms with Crippen molar-refractivity contribution in [3.8, 4) is 12.1 Å². The largest absolute Gasteiger partial charge is 0.342 e. The van der Waals surface area contributed by atoms with Gasteiger partial charge in [0.15, 0.2) is 0 Å². The number of nitrogens with zero attached hydrogens (tertiary/aromatic N) is 6. The molecule has 0 spiro atoms. The highest BCUT2D eigenvalue weighted by Gasteiger charge is 2.41. The predicted molar refractivity (Wildman–Crippen MR) is 178 cm³/mol. The van der Waals surface area contributed by atoms with E-state index in [1.807, 2.05) is 34.6 Å². The molecule has 0 bridgehead atoms. The monoisotopic (exact) mass is 639 g/mol. The van der Waals surface area contributed by atoms with Crippen LogP contribution in [0.1, 0.15) is 100 Å². The first-order valence-electron chi connectivity index (χ1n) is 16.9. The zero-order valence-corrected chi connectivity index (χ0v) is 29.6. The zero-order valence-electron chi connectivity index (χ0n) is 29.6. The van der Waals surface area contributed by atoms with Gasteiger partial charge in [-0.2, -0.15) is 10.5 Å². The molecule has 11 nitrogen and oxygen atoms in total. The van der Waals surface area contributed by atoms with Crippen molar-refractivity contribution in [2.45, 2.75) is 131 Å². The number of rotatable bonds is 13. The van der Waals surface area contributed by atoms with Gasteiger partial charge in [-0.05, 0) is 64.3 Å².